The van der Waals surface area contributed by atoms with Crippen LogP contribution in [0.25, 0.3) is 0 Å². The van der Waals surface area contributed by atoms with Gasteiger partial charge in [0.25, 0.3) is 0 Å². The summed E-state index contributed by atoms with van der Waals surface area (Å²) in [5.41, 5.74) is 0. The molecule has 1 aliphatic rings. The van der Waals surface area contributed by atoms with Crippen molar-refractivity contribution in [1.29, 1.82) is 0 Å². The average Bonchev–Trinajstić information content (AvgIpc) is 2.70. The van der Waals surface area contributed by atoms with E-state index in [1.807, 2.05) is 0 Å². The molecule has 0 unspecified atom stereocenters. The van der Waals surface area contributed by atoms with Gasteiger partial charge in [0.15, 0.2) is 0 Å². The fraction of sp³-hybridized carbons (Fsp3) is 0.913. The molecule has 0 bridgehead atoms. The highest BCUT2D eigenvalue weighted by molar-refractivity contribution is 4.88. The molecule has 1 saturated heterocycles. The van der Waals surface area contributed by atoms with Gasteiger partial charge in [0.2, 0.25) is 0 Å². The van der Waals surface area contributed by atoms with Crippen molar-refractivity contribution in [2.75, 3.05) is 19.8 Å². The lowest BCUT2D eigenvalue weighted by molar-refractivity contribution is -0.210. The van der Waals surface area contributed by atoms with E-state index in [0.29, 0.717) is 6.61 Å². The van der Waals surface area contributed by atoms with E-state index in [1.54, 1.807) is 0 Å². The number of aliphatic hydroxyl groups is 3. The Balaban J connectivity index is 1.90. The SMILES string of the molecule is CCCCCCCCCCCC/C=C/CCCO[C@H]1[C@H](O)[C@@H](CO)OC[C@@H]1O. The third-order valence-corrected chi connectivity index (χ3v) is 5.47. The van der Waals surface area contributed by atoms with Gasteiger partial charge in [-0.15, -0.1) is 0 Å². The summed E-state index contributed by atoms with van der Waals surface area (Å²) in [6, 6.07) is 0. The van der Waals surface area contributed by atoms with E-state index in [2.05, 4.69) is 19.1 Å². The van der Waals surface area contributed by atoms with Crippen LogP contribution in [0.5, 0.6) is 0 Å². The first-order valence-corrected chi connectivity index (χ1v) is 11.6. The van der Waals surface area contributed by atoms with E-state index in [-0.39, 0.29) is 13.2 Å². The van der Waals surface area contributed by atoms with Gasteiger partial charge in [0.05, 0.1) is 13.2 Å². The van der Waals surface area contributed by atoms with Gasteiger partial charge in [-0.05, 0) is 25.7 Å². The van der Waals surface area contributed by atoms with Crippen LogP contribution in [0.3, 0.4) is 0 Å². The molecule has 1 rings (SSSR count). The molecule has 0 aromatic rings. The summed E-state index contributed by atoms with van der Waals surface area (Å²) in [6.07, 6.45) is 17.9. The maximum atomic E-state index is 10.0. The van der Waals surface area contributed by atoms with Crippen LogP contribution in [0.2, 0.25) is 0 Å². The molecule has 0 radical (unpaired) electrons. The van der Waals surface area contributed by atoms with Crippen molar-refractivity contribution < 1.29 is 24.8 Å². The smallest absolute Gasteiger partial charge is 0.114 e. The molecule has 0 spiro atoms. The van der Waals surface area contributed by atoms with Crippen molar-refractivity contribution in [2.45, 2.75) is 115 Å². The molecule has 3 N–H and O–H groups in total. The summed E-state index contributed by atoms with van der Waals surface area (Å²) in [5, 5.41) is 29.1. The summed E-state index contributed by atoms with van der Waals surface area (Å²) in [6.45, 7) is 2.57. The van der Waals surface area contributed by atoms with E-state index >= 15 is 0 Å². The Morgan fingerprint density at radius 2 is 1.43 bits per heavy atom. The number of rotatable bonds is 17. The van der Waals surface area contributed by atoms with Crippen molar-refractivity contribution in [3.05, 3.63) is 12.2 Å². The number of hydrogen-bond donors (Lipinski definition) is 3. The topological polar surface area (TPSA) is 79.2 Å². The molecule has 5 heteroatoms. The predicted molar refractivity (Wildman–Crippen MR) is 113 cm³/mol. The molecule has 1 heterocycles. The Labute approximate surface area is 172 Å². The Kier molecular flexibility index (Phi) is 15.9. The van der Waals surface area contributed by atoms with Crippen molar-refractivity contribution >= 4 is 0 Å². The zero-order valence-electron chi connectivity index (χ0n) is 17.9. The Morgan fingerprint density at radius 1 is 0.857 bits per heavy atom. The van der Waals surface area contributed by atoms with Crippen LogP contribution in [-0.4, -0.2) is 59.6 Å². The molecule has 1 aliphatic heterocycles. The largest absolute Gasteiger partial charge is 0.394 e. The number of ether oxygens (including phenoxy) is 2. The summed E-state index contributed by atoms with van der Waals surface area (Å²) < 4.78 is 10.8. The van der Waals surface area contributed by atoms with Gasteiger partial charge in [0, 0.05) is 6.61 Å². The molecule has 0 aromatic carbocycles. The molecule has 1 fully saturated rings. The summed E-state index contributed by atoms with van der Waals surface area (Å²) in [4.78, 5) is 0. The highest BCUT2D eigenvalue weighted by Gasteiger charge is 2.38. The quantitative estimate of drug-likeness (QED) is 0.253. The van der Waals surface area contributed by atoms with E-state index in [0.717, 1.165) is 19.3 Å². The molecule has 5 nitrogen and oxygen atoms in total. The minimum Gasteiger partial charge on any atom is -0.394 e. The van der Waals surface area contributed by atoms with Crippen molar-refractivity contribution in [3.63, 3.8) is 0 Å². The molecular formula is C23H44O5. The average molecular weight is 401 g/mol. The highest BCUT2D eigenvalue weighted by Crippen LogP contribution is 2.19. The van der Waals surface area contributed by atoms with E-state index < -0.39 is 24.4 Å². The number of hydrogen-bond acceptors (Lipinski definition) is 5. The van der Waals surface area contributed by atoms with Gasteiger partial charge in [-0.3, -0.25) is 0 Å². The molecule has 0 amide bonds. The normalized spacial score (nSPS) is 25.6. The van der Waals surface area contributed by atoms with Crippen molar-refractivity contribution in [2.24, 2.45) is 0 Å². The number of unbranched alkanes of at least 4 members (excludes halogenated alkanes) is 11. The zero-order valence-corrected chi connectivity index (χ0v) is 17.9. The zero-order chi connectivity index (χ0) is 20.5. The van der Waals surface area contributed by atoms with Crippen LogP contribution >= 0.6 is 0 Å². The fourth-order valence-electron chi connectivity index (χ4n) is 3.63. The van der Waals surface area contributed by atoms with Crippen molar-refractivity contribution in [3.8, 4) is 0 Å². The van der Waals surface area contributed by atoms with Crippen LogP contribution in [0.4, 0.5) is 0 Å². The van der Waals surface area contributed by atoms with Crippen LogP contribution in [-0.2, 0) is 9.47 Å². The number of aliphatic hydroxyl groups excluding tert-OH is 3. The highest BCUT2D eigenvalue weighted by atomic mass is 16.6. The standard InChI is InChI=1S/C23H44O5/c1-2-3-4-5-6-7-8-9-10-11-12-13-14-15-16-17-27-23-20(25)19-28-21(18-24)22(23)26/h13-14,20-26H,2-12,15-19H2,1H3/b14-13+/t20-,21+,22+,23+/m0/s1. The van der Waals surface area contributed by atoms with Gasteiger partial charge < -0.3 is 24.8 Å². The first-order chi connectivity index (χ1) is 13.7. The summed E-state index contributed by atoms with van der Waals surface area (Å²) in [7, 11) is 0. The Hall–Kier alpha value is -0.460. The monoisotopic (exact) mass is 400 g/mol. The lowest BCUT2D eigenvalue weighted by Gasteiger charge is -2.37. The molecule has 4 atom stereocenters. The second-order valence-electron chi connectivity index (χ2n) is 8.03. The van der Waals surface area contributed by atoms with Gasteiger partial charge in [-0.25, -0.2) is 0 Å². The minimum absolute atomic E-state index is 0.0890. The van der Waals surface area contributed by atoms with Crippen LogP contribution in [0.1, 0.15) is 90.4 Å². The summed E-state index contributed by atoms with van der Waals surface area (Å²) >= 11 is 0. The third kappa shape index (κ3) is 11.5. The first kappa shape index (κ1) is 25.6. The first-order valence-electron chi connectivity index (χ1n) is 11.6. The van der Waals surface area contributed by atoms with Gasteiger partial charge in [-0.2, -0.15) is 0 Å². The predicted octanol–water partition coefficient (Wildman–Crippen LogP) is 4.13. The lowest BCUT2D eigenvalue weighted by Crippen LogP contribution is -2.55. The van der Waals surface area contributed by atoms with Crippen molar-refractivity contribution in [1.82, 2.24) is 0 Å². The van der Waals surface area contributed by atoms with Crippen LogP contribution < -0.4 is 0 Å². The molecule has 0 aliphatic carbocycles. The van der Waals surface area contributed by atoms with E-state index in [4.69, 9.17) is 14.6 Å². The molecular weight excluding hydrogens is 356 g/mol. The molecule has 0 saturated carbocycles. The Morgan fingerprint density at radius 3 is 2.04 bits per heavy atom. The second-order valence-corrected chi connectivity index (χ2v) is 8.03. The van der Waals surface area contributed by atoms with E-state index in [1.165, 1.54) is 64.2 Å². The Bertz CT molecular complexity index is 374. The lowest BCUT2D eigenvalue weighted by atomic mass is 10.0. The third-order valence-electron chi connectivity index (χ3n) is 5.47. The van der Waals surface area contributed by atoms with Gasteiger partial charge >= 0.3 is 0 Å². The maximum Gasteiger partial charge on any atom is 0.114 e. The number of allylic oxidation sites excluding steroid dienone is 2. The maximum absolute atomic E-state index is 10.0. The second kappa shape index (κ2) is 17.4. The van der Waals surface area contributed by atoms with Crippen LogP contribution in [0, 0.1) is 0 Å². The summed E-state index contributed by atoms with van der Waals surface area (Å²) in [5.74, 6) is 0. The molecule has 0 aromatic heterocycles. The molecule has 166 valence electrons. The van der Waals surface area contributed by atoms with E-state index in [9.17, 15) is 10.2 Å². The van der Waals surface area contributed by atoms with Gasteiger partial charge in [0.1, 0.15) is 24.4 Å². The minimum atomic E-state index is -0.986. The van der Waals surface area contributed by atoms with Gasteiger partial charge in [-0.1, -0.05) is 76.9 Å². The fourth-order valence-corrected chi connectivity index (χ4v) is 3.63. The van der Waals surface area contributed by atoms with Crippen LogP contribution in [0.15, 0.2) is 12.2 Å². The molecule has 28 heavy (non-hydrogen) atoms.